The minimum atomic E-state index is -2.42. The van der Waals surface area contributed by atoms with Crippen LogP contribution in [0.4, 0.5) is 0 Å². The fraction of sp³-hybridized carbons (Fsp3) is 0.538. The van der Waals surface area contributed by atoms with Gasteiger partial charge in [0.15, 0.2) is 0 Å². The molecular weight excluding hydrogens is 284 g/mol. The molecule has 20 heavy (non-hydrogen) atoms. The first-order chi connectivity index (χ1) is 9.43. The van der Waals surface area contributed by atoms with Gasteiger partial charge in [0, 0.05) is 26.2 Å². The number of methoxy groups -OCH3 is 3. The predicted molar refractivity (Wildman–Crippen MR) is 74.1 cm³/mol. The van der Waals surface area contributed by atoms with Crippen LogP contribution in [0.2, 0.25) is 0 Å². The Kier molecular flexibility index (Phi) is 6.41. The molecule has 0 spiro atoms. The van der Waals surface area contributed by atoms with Gasteiger partial charge in [0.2, 0.25) is 12.1 Å². The topological polar surface area (TPSA) is 88.4 Å². The number of benzene rings is 1. The van der Waals surface area contributed by atoms with Crippen LogP contribution in [0, 0.1) is 0 Å². The van der Waals surface area contributed by atoms with E-state index >= 15 is 0 Å². The maximum absolute atomic E-state index is 10.4. The van der Waals surface area contributed by atoms with E-state index in [1.165, 1.54) is 26.0 Å². The Balaban J connectivity index is 2.89. The fourth-order valence-corrected chi connectivity index (χ4v) is 2.66. The van der Waals surface area contributed by atoms with Crippen molar-refractivity contribution in [3.63, 3.8) is 0 Å². The molecule has 3 unspecified atom stereocenters. The summed E-state index contributed by atoms with van der Waals surface area (Å²) in [6, 6.07) is 9.26. The van der Waals surface area contributed by atoms with Gasteiger partial charge in [0.25, 0.3) is 5.79 Å². The maximum atomic E-state index is 10.4. The lowest BCUT2D eigenvalue weighted by molar-refractivity contribution is -0.420. The molecule has 6 nitrogen and oxygen atoms in total. The van der Waals surface area contributed by atoms with Crippen molar-refractivity contribution in [1.82, 2.24) is 0 Å². The highest BCUT2D eigenvalue weighted by molar-refractivity contribution is 7.99. The summed E-state index contributed by atoms with van der Waals surface area (Å²) in [7, 11) is 3.52. The standard InChI is InChI=1S/C13H20O6S/c1-17-11(14)13(16,19-3)12(15,18-2)9-20-10-7-5-4-6-8-10/h4-8,11,14-16H,9H2,1-3H3. The zero-order valence-electron chi connectivity index (χ0n) is 11.6. The van der Waals surface area contributed by atoms with Gasteiger partial charge in [0.1, 0.15) is 0 Å². The van der Waals surface area contributed by atoms with E-state index in [2.05, 4.69) is 4.74 Å². The average Bonchev–Trinajstić information content (AvgIpc) is 2.51. The van der Waals surface area contributed by atoms with E-state index in [1.807, 2.05) is 30.3 Å². The Hall–Kier alpha value is -0.670. The lowest BCUT2D eigenvalue weighted by Gasteiger charge is -2.42. The van der Waals surface area contributed by atoms with Crippen molar-refractivity contribution in [2.24, 2.45) is 0 Å². The maximum Gasteiger partial charge on any atom is 0.274 e. The summed E-state index contributed by atoms with van der Waals surface area (Å²) in [6.07, 6.45) is -1.77. The van der Waals surface area contributed by atoms with Crippen LogP contribution in [0.1, 0.15) is 0 Å². The molecule has 7 heteroatoms. The normalized spacial score (nSPS) is 19.1. The number of hydrogen-bond acceptors (Lipinski definition) is 7. The monoisotopic (exact) mass is 304 g/mol. The van der Waals surface area contributed by atoms with Gasteiger partial charge in [-0.05, 0) is 12.1 Å². The first-order valence-electron chi connectivity index (χ1n) is 5.87. The third kappa shape index (κ3) is 3.50. The number of hydrogen-bond donors (Lipinski definition) is 3. The molecule has 3 atom stereocenters. The smallest absolute Gasteiger partial charge is 0.274 e. The molecule has 0 radical (unpaired) electrons. The Morgan fingerprint density at radius 2 is 1.70 bits per heavy atom. The van der Waals surface area contributed by atoms with Crippen LogP contribution in [0.5, 0.6) is 0 Å². The van der Waals surface area contributed by atoms with Crippen molar-refractivity contribution in [2.45, 2.75) is 22.8 Å². The van der Waals surface area contributed by atoms with Crippen LogP contribution in [0.15, 0.2) is 35.2 Å². The van der Waals surface area contributed by atoms with Crippen molar-refractivity contribution in [3.8, 4) is 0 Å². The lowest BCUT2D eigenvalue weighted by atomic mass is 10.1. The van der Waals surface area contributed by atoms with Crippen molar-refractivity contribution in [2.75, 3.05) is 27.1 Å². The Labute approximate surface area is 122 Å². The molecular formula is C13H20O6S. The van der Waals surface area contributed by atoms with Crippen LogP contribution >= 0.6 is 11.8 Å². The minimum absolute atomic E-state index is 0.0712. The number of rotatable bonds is 8. The van der Waals surface area contributed by atoms with Crippen LogP contribution in [0.25, 0.3) is 0 Å². The molecule has 114 valence electrons. The molecule has 0 aliphatic heterocycles. The summed E-state index contributed by atoms with van der Waals surface area (Å²) in [5, 5.41) is 30.4. The van der Waals surface area contributed by atoms with Crippen LogP contribution in [-0.4, -0.2) is 60.3 Å². The molecule has 0 aliphatic carbocycles. The van der Waals surface area contributed by atoms with E-state index in [0.717, 1.165) is 12.0 Å². The molecule has 0 bridgehead atoms. The SMILES string of the molecule is COC(O)C(O)(OC)C(O)(CSc1ccccc1)OC. The van der Waals surface area contributed by atoms with Gasteiger partial charge < -0.3 is 29.5 Å². The van der Waals surface area contributed by atoms with Gasteiger partial charge in [0.05, 0.1) is 5.75 Å². The van der Waals surface area contributed by atoms with Crippen LogP contribution in [0.3, 0.4) is 0 Å². The summed E-state index contributed by atoms with van der Waals surface area (Å²) in [4.78, 5) is 0.869. The average molecular weight is 304 g/mol. The molecule has 0 heterocycles. The van der Waals surface area contributed by atoms with E-state index in [1.54, 1.807) is 0 Å². The minimum Gasteiger partial charge on any atom is -0.364 e. The highest BCUT2D eigenvalue weighted by Gasteiger charge is 2.56. The summed E-state index contributed by atoms with van der Waals surface area (Å²) >= 11 is 1.24. The summed E-state index contributed by atoms with van der Waals surface area (Å²) < 4.78 is 14.4. The van der Waals surface area contributed by atoms with Crippen molar-refractivity contribution < 1.29 is 29.5 Å². The van der Waals surface area contributed by atoms with E-state index in [4.69, 9.17) is 9.47 Å². The Morgan fingerprint density at radius 3 is 2.15 bits per heavy atom. The summed E-state index contributed by atoms with van der Waals surface area (Å²) in [6.45, 7) is 0. The Morgan fingerprint density at radius 1 is 1.10 bits per heavy atom. The molecule has 0 saturated heterocycles. The molecule has 0 aliphatic rings. The summed E-state index contributed by atoms with van der Waals surface area (Å²) in [5.41, 5.74) is 0. The zero-order chi connectivity index (χ0) is 15.2. The van der Waals surface area contributed by atoms with Crippen molar-refractivity contribution >= 4 is 11.8 Å². The molecule has 0 amide bonds. The van der Waals surface area contributed by atoms with E-state index in [0.29, 0.717) is 0 Å². The molecule has 3 N–H and O–H groups in total. The highest BCUT2D eigenvalue weighted by Crippen LogP contribution is 2.33. The predicted octanol–water partition coefficient (Wildman–Crippen LogP) is 0.413. The van der Waals surface area contributed by atoms with Gasteiger partial charge in [-0.3, -0.25) is 0 Å². The number of aliphatic hydroxyl groups is 3. The second-order valence-electron chi connectivity index (χ2n) is 4.08. The number of thioether (sulfide) groups is 1. The molecule has 1 rings (SSSR count). The second kappa shape index (κ2) is 7.37. The van der Waals surface area contributed by atoms with Gasteiger partial charge in [-0.25, -0.2) is 0 Å². The van der Waals surface area contributed by atoms with E-state index < -0.39 is 17.9 Å². The van der Waals surface area contributed by atoms with E-state index in [9.17, 15) is 15.3 Å². The summed E-state index contributed by atoms with van der Waals surface area (Å²) in [5.74, 6) is -4.64. The van der Waals surface area contributed by atoms with Gasteiger partial charge in [-0.1, -0.05) is 18.2 Å². The van der Waals surface area contributed by atoms with Crippen molar-refractivity contribution in [1.29, 1.82) is 0 Å². The first kappa shape index (κ1) is 17.4. The number of aliphatic hydroxyl groups excluding tert-OH is 1. The van der Waals surface area contributed by atoms with E-state index in [-0.39, 0.29) is 5.75 Å². The molecule has 1 aromatic rings. The van der Waals surface area contributed by atoms with Gasteiger partial charge in [-0.15, -0.1) is 11.8 Å². The van der Waals surface area contributed by atoms with Gasteiger partial charge in [-0.2, -0.15) is 0 Å². The van der Waals surface area contributed by atoms with Gasteiger partial charge >= 0.3 is 0 Å². The van der Waals surface area contributed by atoms with Crippen LogP contribution in [-0.2, 0) is 14.2 Å². The zero-order valence-corrected chi connectivity index (χ0v) is 12.5. The first-order valence-corrected chi connectivity index (χ1v) is 6.86. The third-order valence-electron chi connectivity index (χ3n) is 2.94. The van der Waals surface area contributed by atoms with Crippen LogP contribution < -0.4 is 0 Å². The molecule has 0 saturated carbocycles. The lowest BCUT2D eigenvalue weighted by Crippen LogP contribution is -2.65. The fourth-order valence-electron chi connectivity index (χ4n) is 1.62. The molecule has 0 fully saturated rings. The highest BCUT2D eigenvalue weighted by atomic mass is 32.2. The largest absolute Gasteiger partial charge is 0.364 e. The molecule has 1 aromatic carbocycles. The number of ether oxygens (including phenoxy) is 3. The quantitative estimate of drug-likeness (QED) is 0.473. The second-order valence-corrected chi connectivity index (χ2v) is 5.13. The van der Waals surface area contributed by atoms with Crippen molar-refractivity contribution in [3.05, 3.63) is 30.3 Å². The Bertz CT molecular complexity index is 403. The third-order valence-corrected chi connectivity index (χ3v) is 4.09. The molecule has 0 aromatic heterocycles.